The van der Waals surface area contributed by atoms with E-state index in [2.05, 4.69) is 6.08 Å². The van der Waals surface area contributed by atoms with E-state index < -0.39 is 9.28 Å². The van der Waals surface area contributed by atoms with Crippen molar-refractivity contribution in [1.29, 1.82) is 0 Å². The normalized spacial score (nSPS) is 23.9. The highest BCUT2D eigenvalue weighted by molar-refractivity contribution is 6.46. The molecule has 0 aromatic heterocycles. The monoisotopic (exact) mass is 225 g/mol. The van der Waals surface area contributed by atoms with E-state index in [1.165, 1.54) is 44.9 Å². The smallest absolute Gasteiger partial charge is 0.460 e. The number of allylic oxidation sites excluding steroid dienone is 1. The van der Waals surface area contributed by atoms with Crippen molar-refractivity contribution in [2.24, 2.45) is 5.92 Å². The first-order chi connectivity index (χ1) is 7.40. The lowest BCUT2D eigenvalue weighted by Gasteiger charge is -2.24. The molecule has 2 fully saturated rings. The molecule has 15 heavy (non-hydrogen) atoms. The van der Waals surface area contributed by atoms with Crippen molar-refractivity contribution in [2.75, 3.05) is 7.11 Å². The molecule has 85 valence electrons. The Morgan fingerprint density at radius 3 is 2.40 bits per heavy atom. The van der Waals surface area contributed by atoms with Crippen molar-refractivity contribution >= 4 is 9.28 Å². The van der Waals surface area contributed by atoms with Crippen LogP contribution in [0.25, 0.3) is 0 Å². The van der Waals surface area contributed by atoms with Gasteiger partial charge in [0.1, 0.15) is 0 Å². The van der Waals surface area contributed by atoms with Crippen LogP contribution in [0.5, 0.6) is 0 Å². The lowest BCUT2D eigenvalue weighted by atomic mass is 10.0. The topological polar surface area (TPSA) is 18.5 Å². The van der Waals surface area contributed by atoms with Crippen LogP contribution >= 0.6 is 0 Å². The second-order valence-corrected chi connectivity index (χ2v) is 6.74. The Kier molecular flexibility index (Phi) is 4.26. The molecule has 2 saturated carbocycles. The number of hydrogen-bond donors (Lipinski definition) is 0. The summed E-state index contributed by atoms with van der Waals surface area (Å²) in [6.45, 7) is 0. The van der Waals surface area contributed by atoms with Crippen LogP contribution in [0.2, 0.25) is 5.54 Å². The molecule has 0 saturated heterocycles. The number of hydrogen-bond acceptors (Lipinski definition) is 2. The zero-order valence-electron chi connectivity index (χ0n) is 9.58. The maximum atomic E-state index is 5.78. The van der Waals surface area contributed by atoms with Crippen LogP contribution in [-0.4, -0.2) is 16.4 Å². The quantitative estimate of drug-likeness (QED) is 0.527. The molecule has 2 aliphatic carbocycles. The molecule has 0 heterocycles. The van der Waals surface area contributed by atoms with Crippen LogP contribution in [0.1, 0.15) is 44.9 Å². The average molecular weight is 225 g/mol. The van der Waals surface area contributed by atoms with Crippen LogP contribution in [0, 0.1) is 5.92 Å². The fraction of sp³-hybridized carbons (Fsp3) is 0.833. The van der Waals surface area contributed by atoms with Gasteiger partial charge in [-0.15, -0.1) is 0 Å². The third-order valence-electron chi connectivity index (χ3n) is 3.30. The first-order valence-corrected chi connectivity index (χ1v) is 7.53. The molecule has 0 unspecified atom stereocenters. The minimum absolute atomic E-state index is 0.706. The molecule has 0 aromatic carbocycles. The lowest BCUT2D eigenvalue weighted by molar-refractivity contribution is 0.276. The molecule has 0 aliphatic heterocycles. The van der Waals surface area contributed by atoms with E-state index in [0.717, 1.165) is 5.92 Å². The van der Waals surface area contributed by atoms with Crippen LogP contribution in [0.15, 0.2) is 12.3 Å². The van der Waals surface area contributed by atoms with Crippen molar-refractivity contribution in [3.63, 3.8) is 0 Å². The van der Waals surface area contributed by atoms with Crippen LogP contribution in [-0.2, 0) is 8.85 Å². The summed E-state index contributed by atoms with van der Waals surface area (Å²) in [5.41, 5.74) is 0.706. The third kappa shape index (κ3) is 3.65. The molecule has 0 aromatic rings. The number of rotatable bonds is 5. The minimum Gasteiger partial charge on any atom is -0.525 e. The van der Waals surface area contributed by atoms with Gasteiger partial charge in [0.25, 0.3) is 0 Å². The van der Waals surface area contributed by atoms with Crippen molar-refractivity contribution in [3.8, 4) is 0 Å². The van der Waals surface area contributed by atoms with E-state index in [-0.39, 0.29) is 0 Å². The van der Waals surface area contributed by atoms with Crippen molar-refractivity contribution in [2.45, 2.75) is 50.5 Å². The summed E-state index contributed by atoms with van der Waals surface area (Å²) >= 11 is 0. The third-order valence-corrected chi connectivity index (χ3v) is 5.31. The van der Waals surface area contributed by atoms with Crippen molar-refractivity contribution < 1.29 is 8.85 Å². The predicted octanol–water partition coefficient (Wildman–Crippen LogP) is 3.40. The zero-order valence-corrected chi connectivity index (χ0v) is 10.6. The van der Waals surface area contributed by atoms with E-state index in [1.54, 1.807) is 7.11 Å². The molecule has 2 aliphatic rings. The highest BCUT2D eigenvalue weighted by Gasteiger charge is 2.30. The summed E-state index contributed by atoms with van der Waals surface area (Å²) in [6, 6.07) is 0. The Morgan fingerprint density at radius 1 is 1.07 bits per heavy atom. The van der Waals surface area contributed by atoms with Crippen LogP contribution in [0.4, 0.5) is 0 Å². The Hall–Kier alpha value is -0.283. The summed E-state index contributed by atoms with van der Waals surface area (Å²) in [5, 5.41) is 0. The second-order valence-electron chi connectivity index (χ2n) is 4.64. The Balaban J connectivity index is 1.74. The molecule has 0 atom stereocenters. The lowest BCUT2D eigenvalue weighted by Crippen LogP contribution is -2.27. The summed E-state index contributed by atoms with van der Waals surface area (Å²) in [6.07, 6.45) is 13.5. The summed E-state index contributed by atoms with van der Waals surface area (Å²) in [4.78, 5) is 0. The second kappa shape index (κ2) is 5.71. The highest BCUT2D eigenvalue weighted by Crippen LogP contribution is 2.33. The standard InChI is InChI=1S/C12H21O2Si/c1-13-15(12-5-3-2-4-6-12)14-10-9-11-7-8-11/h9-12H,2-8H2,1H3. The largest absolute Gasteiger partial charge is 0.525 e. The molecule has 2 rings (SSSR count). The zero-order chi connectivity index (χ0) is 10.5. The van der Waals surface area contributed by atoms with Crippen LogP contribution in [0.3, 0.4) is 0 Å². The molecule has 0 N–H and O–H groups in total. The van der Waals surface area contributed by atoms with E-state index in [1.807, 2.05) is 6.26 Å². The van der Waals surface area contributed by atoms with Gasteiger partial charge < -0.3 is 8.85 Å². The summed E-state index contributed by atoms with van der Waals surface area (Å²) in [7, 11) is 0.760. The van der Waals surface area contributed by atoms with Gasteiger partial charge in [-0.2, -0.15) is 0 Å². The highest BCUT2D eigenvalue weighted by atomic mass is 28.3. The first kappa shape index (κ1) is 11.2. The van der Waals surface area contributed by atoms with Gasteiger partial charge in [0.15, 0.2) is 0 Å². The first-order valence-electron chi connectivity index (χ1n) is 6.14. The van der Waals surface area contributed by atoms with Gasteiger partial charge in [-0.05, 0) is 37.7 Å². The van der Waals surface area contributed by atoms with E-state index in [4.69, 9.17) is 8.85 Å². The molecule has 1 radical (unpaired) electrons. The molecule has 3 heteroatoms. The van der Waals surface area contributed by atoms with Gasteiger partial charge in [0.2, 0.25) is 0 Å². The van der Waals surface area contributed by atoms with Gasteiger partial charge in [0, 0.05) is 12.7 Å². The average Bonchev–Trinajstić information content (AvgIpc) is 3.10. The summed E-state index contributed by atoms with van der Waals surface area (Å²) in [5.74, 6) is 0.802. The molecule has 0 bridgehead atoms. The van der Waals surface area contributed by atoms with Gasteiger partial charge in [-0.1, -0.05) is 19.3 Å². The Labute approximate surface area is 94.5 Å². The molecule has 2 nitrogen and oxygen atoms in total. The maximum Gasteiger partial charge on any atom is 0.460 e. The van der Waals surface area contributed by atoms with Crippen LogP contribution < -0.4 is 0 Å². The van der Waals surface area contributed by atoms with Crippen molar-refractivity contribution in [1.82, 2.24) is 0 Å². The van der Waals surface area contributed by atoms with Gasteiger partial charge in [-0.25, -0.2) is 0 Å². The fourth-order valence-corrected chi connectivity index (χ4v) is 3.87. The fourth-order valence-electron chi connectivity index (χ4n) is 2.16. The Bertz CT molecular complexity index is 208. The van der Waals surface area contributed by atoms with Crippen molar-refractivity contribution in [3.05, 3.63) is 12.3 Å². The van der Waals surface area contributed by atoms with Gasteiger partial charge >= 0.3 is 9.28 Å². The maximum absolute atomic E-state index is 5.78. The van der Waals surface area contributed by atoms with Gasteiger partial charge in [0.05, 0.1) is 6.26 Å². The van der Waals surface area contributed by atoms with Gasteiger partial charge in [-0.3, -0.25) is 0 Å². The SMILES string of the molecule is CO[Si](OC=CC1CC1)C1CCCCC1. The molecule has 0 amide bonds. The molecular formula is C12H21O2Si. The molecule has 0 spiro atoms. The molecular weight excluding hydrogens is 204 g/mol. The minimum atomic E-state index is -1.04. The predicted molar refractivity (Wildman–Crippen MR) is 62.5 cm³/mol. The van der Waals surface area contributed by atoms with E-state index >= 15 is 0 Å². The summed E-state index contributed by atoms with van der Waals surface area (Å²) < 4.78 is 11.3. The Morgan fingerprint density at radius 2 is 1.80 bits per heavy atom. The van der Waals surface area contributed by atoms with E-state index in [0.29, 0.717) is 5.54 Å². The van der Waals surface area contributed by atoms with E-state index in [9.17, 15) is 0 Å².